The van der Waals surface area contributed by atoms with Crippen molar-refractivity contribution < 1.29 is 4.74 Å². The summed E-state index contributed by atoms with van der Waals surface area (Å²) >= 11 is 0. The van der Waals surface area contributed by atoms with Crippen LogP contribution >= 0.6 is 0 Å². The summed E-state index contributed by atoms with van der Waals surface area (Å²) in [6.45, 7) is 2.58. The average Bonchev–Trinajstić information content (AvgIpc) is 3.22. The Kier molecular flexibility index (Phi) is 3.63. The lowest BCUT2D eigenvalue weighted by molar-refractivity contribution is 0.0904. The molecule has 1 aromatic heterocycles. The van der Waals surface area contributed by atoms with E-state index in [1.165, 1.54) is 37.1 Å². The van der Waals surface area contributed by atoms with Crippen LogP contribution < -0.4 is 11.1 Å². The molecule has 3 aliphatic rings. The van der Waals surface area contributed by atoms with E-state index >= 15 is 0 Å². The van der Waals surface area contributed by atoms with Crippen molar-refractivity contribution in [2.45, 2.75) is 56.5 Å². The number of nitrogens with one attached hydrogen (secondary N) is 1. The molecule has 0 bridgehead atoms. The maximum Gasteiger partial charge on any atom is 0.0886 e. The Morgan fingerprint density at radius 3 is 2.67 bits per heavy atom. The maximum atomic E-state index is 5.74. The van der Waals surface area contributed by atoms with E-state index < -0.39 is 0 Å². The Morgan fingerprint density at radius 1 is 1.24 bits per heavy atom. The molecule has 2 heterocycles. The largest absolute Gasteiger partial charge is 0.381 e. The maximum absolute atomic E-state index is 5.74. The molecule has 116 valence electrons. The molecule has 0 atom stereocenters. The van der Waals surface area contributed by atoms with Crippen molar-refractivity contribution in [2.75, 3.05) is 25.1 Å². The summed E-state index contributed by atoms with van der Waals surface area (Å²) < 4.78 is 7.66. The van der Waals surface area contributed by atoms with Gasteiger partial charge in [0.05, 0.1) is 17.4 Å². The first kappa shape index (κ1) is 13.6. The molecule has 3 N–H and O–H groups in total. The normalized spacial score (nSPS) is 30.1. The highest BCUT2D eigenvalue weighted by atomic mass is 16.5. The fourth-order valence-electron chi connectivity index (χ4n) is 3.53. The second kappa shape index (κ2) is 5.61. The van der Waals surface area contributed by atoms with Crippen molar-refractivity contribution in [1.82, 2.24) is 9.78 Å². The molecule has 1 aromatic rings. The highest BCUT2D eigenvalue weighted by Crippen LogP contribution is 2.45. The van der Waals surface area contributed by atoms with E-state index in [0.717, 1.165) is 32.6 Å². The Bertz CT molecular complexity index is 484. The van der Waals surface area contributed by atoms with Gasteiger partial charge in [0.25, 0.3) is 0 Å². The van der Waals surface area contributed by atoms with Gasteiger partial charge in [-0.3, -0.25) is 4.68 Å². The number of nitrogens with two attached hydrogens (primary N) is 1. The van der Waals surface area contributed by atoms with Crippen molar-refractivity contribution in [3.63, 3.8) is 0 Å². The molecule has 1 aliphatic heterocycles. The van der Waals surface area contributed by atoms with Gasteiger partial charge >= 0.3 is 0 Å². The monoisotopic (exact) mass is 290 g/mol. The second-order valence-electron chi connectivity index (χ2n) is 6.94. The minimum absolute atomic E-state index is 0.548. The molecule has 0 unspecified atom stereocenters. The zero-order chi connectivity index (χ0) is 14.2. The molecule has 2 saturated carbocycles. The van der Waals surface area contributed by atoms with Crippen LogP contribution in [0.5, 0.6) is 0 Å². The van der Waals surface area contributed by atoms with Gasteiger partial charge in [-0.25, -0.2) is 0 Å². The number of aromatic nitrogens is 2. The van der Waals surface area contributed by atoms with Gasteiger partial charge in [-0.05, 0) is 51.0 Å². The predicted molar refractivity (Wildman–Crippen MR) is 82.5 cm³/mol. The Hall–Kier alpha value is -1.07. The Morgan fingerprint density at radius 2 is 2.00 bits per heavy atom. The summed E-state index contributed by atoms with van der Waals surface area (Å²) in [5.74, 6) is 1.40. The van der Waals surface area contributed by atoms with Gasteiger partial charge in [-0.15, -0.1) is 0 Å². The van der Waals surface area contributed by atoms with E-state index in [1.54, 1.807) is 0 Å². The molecule has 3 fully saturated rings. The van der Waals surface area contributed by atoms with Gasteiger partial charge in [-0.1, -0.05) is 0 Å². The van der Waals surface area contributed by atoms with Crippen LogP contribution in [0.25, 0.3) is 0 Å². The van der Waals surface area contributed by atoms with Crippen LogP contribution in [0.2, 0.25) is 0 Å². The first-order chi connectivity index (χ1) is 10.3. The van der Waals surface area contributed by atoms with Crippen LogP contribution in [0.15, 0.2) is 6.20 Å². The number of rotatable bonds is 5. The number of anilines is 1. The predicted octanol–water partition coefficient (Wildman–Crippen LogP) is 2.26. The Labute approximate surface area is 126 Å². The average molecular weight is 290 g/mol. The van der Waals surface area contributed by atoms with E-state index in [1.807, 2.05) is 0 Å². The van der Waals surface area contributed by atoms with Crippen LogP contribution in [0, 0.1) is 5.92 Å². The summed E-state index contributed by atoms with van der Waals surface area (Å²) in [6.07, 6.45) is 9.45. The van der Waals surface area contributed by atoms with E-state index in [9.17, 15) is 0 Å². The summed E-state index contributed by atoms with van der Waals surface area (Å²) in [6, 6.07) is 1.12. The first-order valence-corrected chi connectivity index (χ1v) is 8.47. The van der Waals surface area contributed by atoms with E-state index in [4.69, 9.17) is 15.6 Å². The molecule has 0 amide bonds. The van der Waals surface area contributed by atoms with Gasteiger partial charge < -0.3 is 15.8 Å². The van der Waals surface area contributed by atoms with Crippen LogP contribution in [0.4, 0.5) is 5.69 Å². The van der Waals surface area contributed by atoms with Gasteiger partial charge in [-0.2, -0.15) is 5.10 Å². The molecular formula is C16H26N4O. The third-order valence-corrected chi connectivity index (χ3v) is 5.22. The number of ether oxygens (including phenoxy) is 1. The number of nitrogens with zero attached hydrogens (tertiary/aromatic N) is 2. The van der Waals surface area contributed by atoms with Crippen LogP contribution in [0.1, 0.15) is 56.2 Å². The lowest BCUT2D eigenvalue weighted by Gasteiger charge is -2.34. The third kappa shape index (κ3) is 2.81. The van der Waals surface area contributed by atoms with Gasteiger partial charge in [0.1, 0.15) is 0 Å². The molecule has 2 aliphatic carbocycles. The topological polar surface area (TPSA) is 65.1 Å². The van der Waals surface area contributed by atoms with Crippen molar-refractivity contribution in [3.05, 3.63) is 11.9 Å². The fourth-order valence-corrected chi connectivity index (χ4v) is 3.53. The number of hydrogen-bond acceptors (Lipinski definition) is 4. The standard InChI is InChI=1S/C16H26N4O/c17-9-11-7-14(8-11)20-10-15(16(19-20)12-1-2-12)18-13-3-5-21-6-4-13/h10-14,18H,1-9,17H2. The van der Waals surface area contributed by atoms with Gasteiger partial charge in [0.2, 0.25) is 0 Å². The molecule has 0 radical (unpaired) electrons. The summed E-state index contributed by atoms with van der Waals surface area (Å²) in [7, 11) is 0. The van der Waals surface area contributed by atoms with Crippen molar-refractivity contribution in [1.29, 1.82) is 0 Å². The minimum Gasteiger partial charge on any atom is -0.381 e. The van der Waals surface area contributed by atoms with E-state index in [-0.39, 0.29) is 0 Å². The highest BCUT2D eigenvalue weighted by molar-refractivity contribution is 5.50. The van der Waals surface area contributed by atoms with Crippen molar-refractivity contribution in [2.24, 2.45) is 11.7 Å². The Balaban J connectivity index is 1.47. The van der Waals surface area contributed by atoms with E-state index in [2.05, 4.69) is 16.2 Å². The molecular weight excluding hydrogens is 264 g/mol. The lowest BCUT2D eigenvalue weighted by atomic mass is 9.80. The quantitative estimate of drug-likeness (QED) is 0.873. The van der Waals surface area contributed by atoms with E-state index in [0.29, 0.717) is 23.9 Å². The van der Waals surface area contributed by atoms with Crippen LogP contribution in [-0.2, 0) is 4.74 Å². The molecule has 5 heteroatoms. The summed E-state index contributed by atoms with van der Waals surface area (Å²) in [5.41, 5.74) is 8.32. The van der Waals surface area contributed by atoms with Crippen LogP contribution in [-0.4, -0.2) is 35.6 Å². The minimum atomic E-state index is 0.548. The number of hydrogen-bond donors (Lipinski definition) is 2. The van der Waals surface area contributed by atoms with Crippen molar-refractivity contribution in [3.8, 4) is 0 Å². The molecule has 5 nitrogen and oxygen atoms in total. The molecule has 0 spiro atoms. The molecule has 1 saturated heterocycles. The zero-order valence-electron chi connectivity index (χ0n) is 12.6. The lowest BCUT2D eigenvalue weighted by Crippen LogP contribution is -2.32. The third-order valence-electron chi connectivity index (χ3n) is 5.22. The summed E-state index contributed by atoms with van der Waals surface area (Å²) in [4.78, 5) is 0. The SMILES string of the molecule is NCC1CC(n2cc(NC3CCOCC3)c(C3CC3)n2)C1. The first-order valence-electron chi connectivity index (χ1n) is 8.47. The molecule has 0 aromatic carbocycles. The second-order valence-corrected chi connectivity index (χ2v) is 6.94. The molecule has 4 rings (SSSR count). The fraction of sp³-hybridized carbons (Fsp3) is 0.812. The molecule has 21 heavy (non-hydrogen) atoms. The van der Waals surface area contributed by atoms with Crippen LogP contribution in [0.3, 0.4) is 0 Å². The summed E-state index contributed by atoms with van der Waals surface area (Å²) in [5, 5.41) is 8.64. The zero-order valence-corrected chi connectivity index (χ0v) is 12.6. The van der Waals surface area contributed by atoms with Gasteiger partial charge in [0.15, 0.2) is 0 Å². The highest BCUT2D eigenvalue weighted by Gasteiger charge is 2.34. The van der Waals surface area contributed by atoms with Crippen molar-refractivity contribution >= 4 is 5.69 Å². The van der Waals surface area contributed by atoms with Gasteiger partial charge in [0, 0.05) is 31.4 Å². The smallest absolute Gasteiger partial charge is 0.0886 e.